The number of nitrogens with zero attached hydrogens (tertiary/aromatic N) is 2. The summed E-state index contributed by atoms with van der Waals surface area (Å²) in [5, 5.41) is 0. The van der Waals surface area contributed by atoms with Gasteiger partial charge in [-0.05, 0) is 0 Å². The average Bonchev–Trinajstić information content (AvgIpc) is 2.41. The number of thiazole rings is 1. The molecule has 3 nitrogen and oxygen atoms in total. The molecular formula is C6H6N2OS. The van der Waals surface area contributed by atoms with Gasteiger partial charge < -0.3 is 0 Å². The minimum atomic E-state index is 0.520. The molecule has 10 heavy (non-hydrogen) atoms. The van der Waals surface area contributed by atoms with Crippen molar-refractivity contribution >= 4 is 17.4 Å². The molecule has 0 aliphatic carbocycles. The molecule has 0 spiro atoms. The van der Waals surface area contributed by atoms with Crippen LogP contribution in [0.4, 0.5) is 0 Å². The van der Waals surface area contributed by atoms with Crippen molar-refractivity contribution in [3.05, 3.63) is 16.6 Å². The maximum atomic E-state index is 9.63. The van der Waals surface area contributed by atoms with Crippen LogP contribution in [0.5, 0.6) is 0 Å². The van der Waals surface area contributed by atoms with Gasteiger partial charge in [0.15, 0.2) is 0 Å². The molecule has 0 unspecified atom stereocenters. The Morgan fingerprint density at radius 1 is 1.80 bits per heavy atom. The fraction of sp³-hybridized carbons (Fsp3) is 0.333. The largest absolute Gasteiger partial charge is 0.253 e. The Kier molecular flexibility index (Phi) is 2.80. The second kappa shape index (κ2) is 3.93. The van der Waals surface area contributed by atoms with Crippen molar-refractivity contribution in [2.75, 3.05) is 6.54 Å². The number of hydrogen-bond donors (Lipinski definition) is 0. The van der Waals surface area contributed by atoms with Gasteiger partial charge in [0.1, 0.15) is 0 Å². The molecule has 0 N–H and O–H groups in total. The van der Waals surface area contributed by atoms with Gasteiger partial charge in [-0.15, -0.1) is 11.3 Å². The molecule has 52 valence electrons. The third-order valence-electron chi connectivity index (χ3n) is 1.02. The van der Waals surface area contributed by atoms with Crippen LogP contribution in [-0.4, -0.2) is 17.6 Å². The smallest absolute Gasteiger partial charge is 0.234 e. The van der Waals surface area contributed by atoms with Crippen molar-refractivity contribution < 1.29 is 4.79 Å². The number of rotatable bonds is 3. The molecule has 1 rings (SSSR count). The van der Waals surface area contributed by atoms with Crippen LogP contribution < -0.4 is 0 Å². The van der Waals surface area contributed by atoms with E-state index >= 15 is 0 Å². The molecule has 0 amide bonds. The molecule has 0 saturated heterocycles. The van der Waals surface area contributed by atoms with Gasteiger partial charge in [0.05, 0.1) is 12.1 Å². The zero-order valence-electron chi connectivity index (χ0n) is 5.28. The highest BCUT2D eigenvalue weighted by Gasteiger charge is 1.91. The lowest BCUT2D eigenvalue weighted by Gasteiger charge is -1.85. The first-order valence-electron chi connectivity index (χ1n) is 2.84. The van der Waals surface area contributed by atoms with Crippen LogP contribution in [0.1, 0.15) is 4.88 Å². The summed E-state index contributed by atoms with van der Waals surface area (Å²) in [6.45, 7) is 0.520. The zero-order chi connectivity index (χ0) is 7.23. The molecule has 1 aromatic rings. The van der Waals surface area contributed by atoms with E-state index in [9.17, 15) is 4.79 Å². The third kappa shape index (κ3) is 2.09. The van der Waals surface area contributed by atoms with E-state index in [1.807, 2.05) is 0 Å². The summed E-state index contributed by atoms with van der Waals surface area (Å²) in [5.74, 6) is 0. The van der Waals surface area contributed by atoms with Crippen LogP contribution in [0.3, 0.4) is 0 Å². The molecule has 1 aromatic heterocycles. The van der Waals surface area contributed by atoms with Gasteiger partial charge in [-0.25, -0.2) is 9.79 Å². The summed E-state index contributed by atoms with van der Waals surface area (Å²) in [6, 6.07) is 0. The summed E-state index contributed by atoms with van der Waals surface area (Å²) >= 11 is 1.57. The summed E-state index contributed by atoms with van der Waals surface area (Å²) < 4.78 is 0. The normalized spacial score (nSPS) is 8.80. The maximum absolute atomic E-state index is 9.63. The fourth-order valence-corrected chi connectivity index (χ4v) is 1.17. The Hall–Kier alpha value is -0.990. The second-order valence-corrected chi connectivity index (χ2v) is 2.66. The van der Waals surface area contributed by atoms with Crippen molar-refractivity contribution in [1.29, 1.82) is 0 Å². The maximum Gasteiger partial charge on any atom is 0.234 e. The number of aromatic nitrogens is 1. The predicted octanol–water partition coefficient (Wildman–Crippen LogP) is 1.02. The Labute approximate surface area is 62.4 Å². The molecule has 0 bridgehead atoms. The van der Waals surface area contributed by atoms with Gasteiger partial charge in [0, 0.05) is 17.5 Å². The summed E-state index contributed by atoms with van der Waals surface area (Å²) in [4.78, 5) is 18.1. The van der Waals surface area contributed by atoms with Crippen LogP contribution in [0, 0.1) is 0 Å². The van der Waals surface area contributed by atoms with Gasteiger partial charge in [0.25, 0.3) is 0 Å². The van der Waals surface area contributed by atoms with Crippen molar-refractivity contribution in [3.63, 3.8) is 0 Å². The molecule has 0 aromatic carbocycles. The number of hydrogen-bond acceptors (Lipinski definition) is 4. The summed E-state index contributed by atoms with van der Waals surface area (Å²) in [7, 11) is 0. The summed E-state index contributed by atoms with van der Waals surface area (Å²) in [6.07, 6.45) is 4.06. The average molecular weight is 154 g/mol. The minimum absolute atomic E-state index is 0.520. The molecule has 0 saturated carbocycles. The molecule has 0 fully saturated rings. The van der Waals surface area contributed by atoms with E-state index in [-0.39, 0.29) is 0 Å². The van der Waals surface area contributed by atoms with Gasteiger partial charge in [-0.2, -0.15) is 0 Å². The van der Waals surface area contributed by atoms with E-state index in [1.165, 1.54) is 6.08 Å². The predicted molar refractivity (Wildman–Crippen MR) is 38.8 cm³/mol. The highest BCUT2D eigenvalue weighted by Crippen LogP contribution is 2.05. The molecule has 0 aliphatic rings. The first-order chi connectivity index (χ1) is 4.93. The molecular weight excluding hydrogens is 148 g/mol. The van der Waals surface area contributed by atoms with E-state index in [2.05, 4.69) is 9.98 Å². The van der Waals surface area contributed by atoms with Crippen LogP contribution >= 0.6 is 11.3 Å². The zero-order valence-corrected chi connectivity index (χ0v) is 6.10. The standard InChI is InChI=1S/C6H6N2OS/c9-4-7-2-1-6-3-8-5-10-6/h3,5H,1-2H2. The molecule has 0 atom stereocenters. The first-order valence-corrected chi connectivity index (χ1v) is 3.72. The lowest BCUT2D eigenvalue weighted by atomic mass is 10.4. The highest BCUT2D eigenvalue weighted by atomic mass is 32.1. The van der Waals surface area contributed by atoms with Gasteiger partial charge in [0.2, 0.25) is 6.08 Å². The van der Waals surface area contributed by atoms with Gasteiger partial charge in [-0.3, -0.25) is 4.98 Å². The third-order valence-corrected chi connectivity index (χ3v) is 1.86. The SMILES string of the molecule is O=C=NCCc1cncs1. The molecule has 0 aliphatic heterocycles. The van der Waals surface area contributed by atoms with Crippen molar-refractivity contribution in [2.45, 2.75) is 6.42 Å². The Morgan fingerprint density at radius 3 is 3.30 bits per heavy atom. The number of aliphatic imine (C=N–C) groups is 1. The fourth-order valence-electron chi connectivity index (χ4n) is 0.577. The Morgan fingerprint density at radius 2 is 2.70 bits per heavy atom. The van der Waals surface area contributed by atoms with Crippen LogP contribution in [-0.2, 0) is 11.2 Å². The Balaban J connectivity index is 2.34. The van der Waals surface area contributed by atoms with E-state index in [4.69, 9.17) is 0 Å². The quantitative estimate of drug-likeness (QED) is 0.482. The highest BCUT2D eigenvalue weighted by molar-refractivity contribution is 7.09. The van der Waals surface area contributed by atoms with Gasteiger partial charge in [-0.1, -0.05) is 0 Å². The van der Waals surface area contributed by atoms with E-state index in [1.54, 1.807) is 23.0 Å². The summed E-state index contributed by atoms with van der Waals surface area (Å²) in [5.41, 5.74) is 1.76. The lowest BCUT2D eigenvalue weighted by Crippen LogP contribution is -1.83. The minimum Gasteiger partial charge on any atom is -0.253 e. The van der Waals surface area contributed by atoms with Crippen molar-refractivity contribution in [3.8, 4) is 0 Å². The van der Waals surface area contributed by atoms with Crippen LogP contribution in [0.25, 0.3) is 0 Å². The van der Waals surface area contributed by atoms with E-state index in [0.29, 0.717) is 6.54 Å². The van der Waals surface area contributed by atoms with E-state index in [0.717, 1.165) is 11.3 Å². The monoisotopic (exact) mass is 154 g/mol. The number of isocyanates is 1. The molecule has 1 heterocycles. The Bertz CT molecular complexity index is 226. The van der Waals surface area contributed by atoms with Gasteiger partial charge >= 0.3 is 0 Å². The molecule has 4 heteroatoms. The lowest BCUT2D eigenvalue weighted by molar-refractivity contribution is 0.563. The van der Waals surface area contributed by atoms with Crippen molar-refractivity contribution in [2.24, 2.45) is 4.99 Å². The van der Waals surface area contributed by atoms with Crippen molar-refractivity contribution in [1.82, 2.24) is 4.98 Å². The first kappa shape index (κ1) is 7.12. The van der Waals surface area contributed by atoms with E-state index < -0.39 is 0 Å². The second-order valence-electron chi connectivity index (χ2n) is 1.69. The van der Waals surface area contributed by atoms with Crippen LogP contribution in [0.2, 0.25) is 0 Å². The number of carbonyl (C=O) groups excluding carboxylic acids is 1. The molecule has 0 radical (unpaired) electrons. The van der Waals surface area contributed by atoms with Crippen LogP contribution in [0.15, 0.2) is 16.7 Å². The topological polar surface area (TPSA) is 42.3 Å².